The molecule has 0 saturated carbocycles. The number of benzene rings is 2. The van der Waals surface area contributed by atoms with Crippen LogP contribution in [0.5, 0.6) is 5.75 Å². The minimum Gasteiger partial charge on any atom is -0.496 e. The van der Waals surface area contributed by atoms with E-state index in [1.807, 2.05) is 6.07 Å². The van der Waals surface area contributed by atoms with Crippen molar-refractivity contribution in [3.8, 4) is 5.75 Å². The molecule has 5 nitrogen and oxygen atoms in total. The number of hydrogen-bond acceptors (Lipinski definition) is 4. The third kappa shape index (κ3) is 7.33. The smallest absolute Gasteiger partial charge is 0.220 e. The van der Waals surface area contributed by atoms with E-state index in [0.717, 1.165) is 55.8 Å². The van der Waals surface area contributed by atoms with Crippen LogP contribution in [0.15, 0.2) is 42.5 Å². The van der Waals surface area contributed by atoms with E-state index in [1.165, 1.54) is 17.7 Å². The highest BCUT2D eigenvalue weighted by Gasteiger charge is 2.20. The predicted molar refractivity (Wildman–Crippen MR) is 119 cm³/mol. The molecular weight excluding hydrogens is 395 g/mol. The van der Waals surface area contributed by atoms with E-state index in [4.69, 9.17) is 9.47 Å². The third-order valence-electron chi connectivity index (χ3n) is 5.94. The molecule has 0 aliphatic carbocycles. The van der Waals surface area contributed by atoms with Gasteiger partial charge in [0.15, 0.2) is 0 Å². The number of ether oxygens (including phenoxy) is 2. The average molecular weight is 429 g/mol. The number of rotatable bonds is 10. The largest absolute Gasteiger partial charge is 0.496 e. The predicted octanol–water partition coefficient (Wildman–Crippen LogP) is 4.29. The molecule has 3 rings (SSSR count). The summed E-state index contributed by atoms with van der Waals surface area (Å²) in [6.45, 7) is 4.01. The summed E-state index contributed by atoms with van der Waals surface area (Å²) >= 11 is 0. The molecule has 1 saturated heterocycles. The van der Waals surface area contributed by atoms with E-state index in [1.54, 1.807) is 26.4 Å². The minimum atomic E-state index is -0.260. The van der Waals surface area contributed by atoms with Crippen molar-refractivity contribution in [3.05, 3.63) is 65.0 Å². The summed E-state index contributed by atoms with van der Waals surface area (Å²) in [6, 6.07) is 12.5. The van der Waals surface area contributed by atoms with E-state index in [-0.39, 0.29) is 11.7 Å². The number of amides is 1. The molecule has 1 amide bonds. The van der Waals surface area contributed by atoms with E-state index < -0.39 is 0 Å². The van der Waals surface area contributed by atoms with Gasteiger partial charge in [0.05, 0.1) is 13.7 Å². The van der Waals surface area contributed by atoms with Crippen LogP contribution < -0.4 is 10.1 Å². The molecule has 2 aromatic carbocycles. The van der Waals surface area contributed by atoms with Crippen LogP contribution >= 0.6 is 0 Å². The number of carbonyl (C=O) groups is 1. The number of carbonyl (C=O) groups excluding carboxylic acids is 1. The van der Waals surface area contributed by atoms with Crippen LogP contribution in [0.25, 0.3) is 0 Å². The maximum Gasteiger partial charge on any atom is 0.220 e. The molecular formula is C25H33FN2O3. The summed E-state index contributed by atoms with van der Waals surface area (Å²) in [5.74, 6) is 1.26. The summed E-state index contributed by atoms with van der Waals surface area (Å²) in [5.41, 5.74) is 3.26. The number of likely N-dealkylation sites (tertiary alicyclic amines) is 1. The molecule has 0 radical (unpaired) electrons. The van der Waals surface area contributed by atoms with Crippen molar-refractivity contribution < 1.29 is 18.7 Å². The molecule has 31 heavy (non-hydrogen) atoms. The van der Waals surface area contributed by atoms with E-state index in [0.29, 0.717) is 25.5 Å². The maximum atomic E-state index is 12.9. The van der Waals surface area contributed by atoms with Gasteiger partial charge >= 0.3 is 0 Å². The molecule has 6 heteroatoms. The number of piperidine rings is 1. The zero-order valence-corrected chi connectivity index (χ0v) is 18.5. The maximum absolute atomic E-state index is 12.9. The summed E-state index contributed by atoms with van der Waals surface area (Å²) in [5, 5.41) is 2.93. The Kier molecular flexibility index (Phi) is 8.85. The van der Waals surface area contributed by atoms with Crippen molar-refractivity contribution in [1.29, 1.82) is 0 Å². The first-order valence-corrected chi connectivity index (χ1v) is 11.0. The van der Waals surface area contributed by atoms with Crippen LogP contribution in [0, 0.1) is 11.7 Å². The van der Waals surface area contributed by atoms with Gasteiger partial charge in [-0.25, -0.2) is 4.39 Å². The number of nitrogens with one attached hydrogen (secondary N) is 1. The van der Waals surface area contributed by atoms with Crippen LogP contribution in [-0.4, -0.2) is 38.1 Å². The van der Waals surface area contributed by atoms with Crippen molar-refractivity contribution in [2.24, 2.45) is 5.92 Å². The Morgan fingerprint density at radius 3 is 2.48 bits per heavy atom. The Balaban J connectivity index is 1.37. The molecule has 1 aliphatic heterocycles. The van der Waals surface area contributed by atoms with E-state index >= 15 is 0 Å². The molecule has 1 fully saturated rings. The normalized spacial score (nSPS) is 15.1. The van der Waals surface area contributed by atoms with Gasteiger partial charge in [0, 0.05) is 32.2 Å². The zero-order valence-electron chi connectivity index (χ0n) is 18.5. The molecule has 1 N–H and O–H groups in total. The van der Waals surface area contributed by atoms with Crippen LogP contribution in [0.4, 0.5) is 4.39 Å². The summed E-state index contributed by atoms with van der Waals surface area (Å²) < 4.78 is 23.6. The summed E-state index contributed by atoms with van der Waals surface area (Å²) in [6.07, 6.45) is 3.70. The topological polar surface area (TPSA) is 50.8 Å². The van der Waals surface area contributed by atoms with Crippen LogP contribution in [0.2, 0.25) is 0 Å². The molecule has 1 aliphatic rings. The van der Waals surface area contributed by atoms with E-state index in [9.17, 15) is 9.18 Å². The van der Waals surface area contributed by atoms with Gasteiger partial charge in [-0.2, -0.15) is 0 Å². The molecule has 1 heterocycles. The molecule has 168 valence electrons. The Morgan fingerprint density at radius 2 is 1.81 bits per heavy atom. The molecule has 0 spiro atoms. The van der Waals surface area contributed by atoms with Gasteiger partial charge in [0.1, 0.15) is 11.6 Å². The standard InChI is InChI=1S/C25H33FN2O3/c1-30-18-22-15-21(5-9-24(22)31-2)17-28-13-11-19(12-14-28)6-10-25(29)27-16-20-3-7-23(26)8-4-20/h3-5,7-9,15,19H,6,10-14,16-18H2,1-2H3,(H,27,29). The number of hydrogen-bond donors (Lipinski definition) is 1. The Bertz CT molecular complexity index is 833. The molecule has 0 bridgehead atoms. The van der Waals surface area contributed by atoms with Gasteiger partial charge in [-0.1, -0.05) is 18.2 Å². The highest BCUT2D eigenvalue weighted by atomic mass is 19.1. The lowest BCUT2D eigenvalue weighted by Crippen LogP contribution is -2.33. The first-order chi connectivity index (χ1) is 15.1. The first-order valence-electron chi connectivity index (χ1n) is 11.0. The van der Waals surface area contributed by atoms with Gasteiger partial charge < -0.3 is 14.8 Å². The van der Waals surface area contributed by atoms with Crippen LogP contribution in [-0.2, 0) is 29.2 Å². The van der Waals surface area contributed by atoms with Gasteiger partial charge in [0.25, 0.3) is 0 Å². The first kappa shape index (κ1) is 23.2. The van der Waals surface area contributed by atoms with Crippen LogP contribution in [0.3, 0.4) is 0 Å². The molecule has 0 atom stereocenters. The van der Waals surface area contributed by atoms with Crippen molar-refractivity contribution in [3.63, 3.8) is 0 Å². The van der Waals surface area contributed by atoms with Gasteiger partial charge in [0.2, 0.25) is 5.91 Å². The Labute approximate surface area is 184 Å². The second kappa shape index (κ2) is 11.8. The van der Waals surface area contributed by atoms with Crippen molar-refractivity contribution >= 4 is 5.91 Å². The Hall–Kier alpha value is -2.44. The van der Waals surface area contributed by atoms with Crippen molar-refractivity contribution in [2.45, 2.75) is 45.4 Å². The summed E-state index contributed by atoms with van der Waals surface area (Å²) in [7, 11) is 3.38. The van der Waals surface area contributed by atoms with Gasteiger partial charge in [-0.15, -0.1) is 0 Å². The average Bonchev–Trinajstić information content (AvgIpc) is 2.79. The SMILES string of the molecule is COCc1cc(CN2CCC(CCC(=O)NCc3ccc(F)cc3)CC2)ccc1OC. The highest BCUT2D eigenvalue weighted by Crippen LogP contribution is 2.25. The lowest BCUT2D eigenvalue weighted by molar-refractivity contribution is -0.121. The van der Waals surface area contributed by atoms with Crippen molar-refractivity contribution in [1.82, 2.24) is 10.2 Å². The lowest BCUT2D eigenvalue weighted by atomic mass is 9.91. The van der Waals surface area contributed by atoms with E-state index in [2.05, 4.69) is 22.3 Å². The third-order valence-corrected chi connectivity index (χ3v) is 5.94. The molecule has 0 aromatic heterocycles. The fourth-order valence-corrected chi connectivity index (χ4v) is 4.12. The van der Waals surface area contributed by atoms with Crippen LogP contribution in [0.1, 0.15) is 42.4 Å². The quantitative estimate of drug-likeness (QED) is 0.613. The number of nitrogens with zero attached hydrogens (tertiary/aromatic N) is 1. The fourth-order valence-electron chi connectivity index (χ4n) is 4.12. The van der Waals surface area contributed by atoms with Gasteiger partial charge in [-0.3, -0.25) is 9.69 Å². The molecule has 2 aromatic rings. The minimum absolute atomic E-state index is 0.0654. The number of halogens is 1. The lowest BCUT2D eigenvalue weighted by Gasteiger charge is -2.32. The molecule has 0 unspecified atom stereocenters. The summed E-state index contributed by atoms with van der Waals surface area (Å²) in [4.78, 5) is 14.6. The fraction of sp³-hybridized carbons (Fsp3) is 0.480. The zero-order chi connectivity index (χ0) is 22.1. The monoisotopic (exact) mass is 428 g/mol. The highest BCUT2D eigenvalue weighted by molar-refractivity contribution is 5.75. The Morgan fingerprint density at radius 1 is 1.10 bits per heavy atom. The number of methoxy groups -OCH3 is 2. The second-order valence-corrected chi connectivity index (χ2v) is 8.24. The van der Waals surface area contributed by atoms with Crippen molar-refractivity contribution in [2.75, 3.05) is 27.3 Å². The second-order valence-electron chi connectivity index (χ2n) is 8.24. The van der Waals surface area contributed by atoms with Gasteiger partial charge in [-0.05, 0) is 73.7 Å².